The number of hydrogen-bond acceptors (Lipinski definition) is 2. The number of carbonyl (C=O) groups is 1. The number of halogens is 1. The molecule has 0 unspecified atom stereocenters. The topological polar surface area (TPSA) is 46.9 Å². The second-order valence-electron chi connectivity index (χ2n) is 5.43. The Kier molecular flexibility index (Phi) is 4.35. The summed E-state index contributed by atoms with van der Waals surface area (Å²) in [6, 6.07) is 15.3. The zero-order valence-electron chi connectivity index (χ0n) is 13.1. The van der Waals surface area contributed by atoms with Crippen LogP contribution in [0, 0.1) is 0 Å². The lowest BCUT2D eigenvalue weighted by atomic mass is 10.1. The first-order valence-electron chi connectivity index (χ1n) is 7.61. The average Bonchev–Trinajstić information content (AvgIpc) is 2.89. The number of amides is 1. The molecule has 1 amide bonds. The van der Waals surface area contributed by atoms with Gasteiger partial charge in [-0.15, -0.1) is 0 Å². The molecular formula is C18H18ClN3O. The average molecular weight is 328 g/mol. The maximum absolute atomic E-state index is 12.5. The Morgan fingerprint density at radius 3 is 2.70 bits per heavy atom. The summed E-state index contributed by atoms with van der Waals surface area (Å²) < 4.78 is 1.91. The summed E-state index contributed by atoms with van der Waals surface area (Å²) >= 11 is 6.12. The fraction of sp³-hybridized carbons (Fsp3) is 0.222. The van der Waals surface area contributed by atoms with Gasteiger partial charge in [-0.2, -0.15) is 0 Å². The van der Waals surface area contributed by atoms with Crippen molar-refractivity contribution in [2.24, 2.45) is 0 Å². The minimum Gasteiger partial charge on any atom is -0.346 e. The summed E-state index contributed by atoms with van der Waals surface area (Å²) in [7, 11) is 0. The lowest BCUT2D eigenvalue weighted by molar-refractivity contribution is 0.0940. The van der Waals surface area contributed by atoms with Gasteiger partial charge >= 0.3 is 0 Å². The Morgan fingerprint density at radius 2 is 2.00 bits per heavy atom. The maximum Gasteiger partial charge on any atom is 0.251 e. The number of aromatic nitrogens is 2. The molecule has 0 radical (unpaired) electrons. The van der Waals surface area contributed by atoms with Crippen LogP contribution in [-0.4, -0.2) is 15.5 Å². The molecule has 1 atom stereocenters. The van der Waals surface area contributed by atoms with Crippen LogP contribution in [-0.2, 0) is 6.54 Å². The summed E-state index contributed by atoms with van der Waals surface area (Å²) in [6.45, 7) is 4.72. The number of nitrogens with zero attached hydrogens (tertiary/aromatic N) is 2. The third kappa shape index (κ3) is 3.08. The molecule has 0 saturated heterocycles. The number of hydrogen-bond donors (Lipinski definition) is 1. The minimum absolute atomic E-state index is 0.0591. The molecular weight excluding hydrogens is 310 g/mol. The lowest BCUT2D eigenvalue weighted by Gasteiger charge is -2.14. The molecule has 4 nitrogen and oxygen atoms in total. The van der Waals surface area contributed by atoms with E-state index >= 15 is 0 Å². The van der Waals surface area contributed by atoms with Gasteiger partial charge < -0.3 is 9.88 Å². The van der Waals surface area contributed by atoms with Gasteiger partial charge in [0.25, 0.3) is 5.91 Å². The third-order valence-corrected chi connectivity index (χ3v) is 4.22. The molecule has 3 aromatic rings. The highest BCUT2D eigenvalue weighted by atomic mass is 35.5. The van der Waals surface area contributed by atoms with E-state index in [1.165, 1.54) is 0 Å². The van der Waals surface area contributed by atoms with Crippen molar-refractivity contribution in [1.29, 1.82) is 0 Å². The van der Waals surface area contributed by atoms with E-state index in [1.807, 2.05) is 54.8 Å². The largest absolute Gasteiger partial charge is 0.346 e. The van der Waals surface area contributed by atoms with Gasteiger partial charge in [-0.25, -0.2) is 4.98 Å². The van der Waals surface area contributed by atoms with Crippen molar-refractivity contribution in [3.05, 3.63) is 64.9 Å². The predicted molar refractivity (Wildman–Crippen MR) is 92.7 cm³/mol. The first-order chi connectivity index (χ1) is 11.1. The maximum atomic E-state index is 12.5. The minimum atomic E-state index is -0.120. The molecule has 0 saturated carbocycles. The fourth-order valence-electron chi connectivity index (χ4n) is 2.65. The van der Waals surface area contributed by atoms with Gasteiger partial charge in [0.1, 0.15) is 0 Å². The molecule has 0 aliphatic heterocycles. The van der Waals surface area contributed by atoms with Crippen molar-refractivity contribution < 1.29 is 4.79 Å². The summed E-state index contributed by atoms with van der Waals surface area (Å²) in [5.74, 6) is -0.120. The Bertz CT molecular complexity index is 842. The number of rotatable bonds is 4. The van der Waals surface area contributed by atoms with Crippen LogP contribution in [0.25, 0.3) is 11.0 Å². The smallest absolute Gasteiger partial charge is 0.251 e. The van der Waals surface area contributed by atoms with Gasteiger partial charge in [0.05, 0.1) is 17.1 Å². The van der Waals surface area contributed by atoms with Crippen LogP contribution >= 0.6 is 11.6 Å². The van der Waals surface area contributed by atoms with Crippen molar-refractivity contribution in [2.45, 2.75) is 26.4 Å². The lowest BCUT2D eigenvalue weighted by Crippen LogP contribution is -2.26. The van der Waals surface area contributed by atoms with Crippen molar-refractivity contribution in [3.8, 4) is 0 Å². The molecule has 0 aliphatic rings. The molecule has 1 heterocycles. The van der Waals surface area contributed by atoms with Gasteiger partial charge in [0.2, 0.25) is 5.28 Å². The quantitative estimate of drug-likeness (QED) is 0.780. The molecule has 3 rings (SSSR count). The highest BCUT2D eigenvalue weighted by Gasteiger charge is 2.14. The molecule has 5 heteroatoms. The zero-order chi connectivity index (χ0) is 16.4. The van der Waals surface area contributed by atoms with Crippen molar-refractivity contribution in [3.63, 3.8) is 0 Å². The van der Waals surface area contributed by atoms with Crippen molar-refractivity contribution in [2.75, 3.05) is 0 Å². The molecule has 1 N–H and O–H groups in total. The summed E-state index contributed by atoms with van der Waals surface area (Å²) in [5.41, 5.74) is 3.32. The molecule has 0 fully saturated rings. The number of fused-ring (bicyclic) bond motifs is 1. The van der Waals surface area contributed by atoms with Gasteiger partial charge in [0, 0.05) is 12.1 Å². The van der Waals surface area contributed by atoms with E-state index in [0.717, 1.165) is 23.1 Å². The van der Waals surface area contributed by atoms with Crippen LogP contribution in [0.1, 0.15) is 35.8 Å². The van der Waals surface area contributed by atoms with Crippen LogP contribution in [0.3, 0.4) is 0 Å². The van der Waals surface area contributed by atoms with Gasteiger partial charge in [-0.1, -0.05) is 30.3 Å². The van der Waals surface area contributed by atoms with E-state index in [9.17, 15) is 4.79 Å². The molecule has 23 heavy (non-hydrogen) atoms. The number of nitrogens with one attached hydrogen (secondary N) is 1. The highest BCUT2D eigenvalue weighted by molar-refractivity contribution is 6.29. The van der Waals surface area contributed by atoms with E-state index < -0.39 is 0 Å². The van der Waals surface area contributed by atoms with Crippen LogP contribution in [0.15, 0.2) is 48.5 Å². The van der Waals surface area contributed by atoms with Crippen molar-refractivity contribution in [1.82, 2.24) is 14.9 Å². The predicted octanol–water partition coefficient (Wildman–Crippen LogP) is 4.20. The van der Waals surface area contributed by atoms with Crippen LogP contribution in [0.5, 0.6) is 0 Å². The standard InChI is InChI=1S/C18H18ClN3O/c1-3-22-16-10-9-14(11-15(16)21-18(22)19)17(23)20-12(2)13-7-5-4-6-8-13/h4-12H,3H2,1-2H3,(H,20,23)/t12-/m1/s1. The van der Waals surface area contributed by atoms with Crippen molar-refractivity contribution >= 4 is 28.5 Å². The van der Waals surface area contributed by atoms with Crippen LogP contribution in [0.2, 0.25) is 5.28 Å². The normalized spacial score (nSPS) is 12.3. The number of imidazole rings is 1. The van der Waals surface area contributed by atoms with E-state index in [-0.39, 0.29) is 11.9 Å². The van der Waals surface area contributed by atoms with Crippen LogP contribution < -0.4 is 5.32 Å². The van der Waals surface area contributed by atoms with Gasteiger partial charge in [-0.3, -0.25) is 4.79 Å². The number of aryl methyl sites for hydroxylation is 1. The Labute approximate surface area is 140 Å². The zero-order valence-corrected chi connectivity index (χ0v) is 13.8. The summed E-state index contributed by atoms with van der Waals surface area (Å²) in [5, 5.41) is 3.45. The summed E-state index contributed by atoms with van der Waals surface area (Å²) in [6.07, 6.45) is 0. The molecule has 0 aliphatic carbocycles. The van der Waals surface area contributed by atoms with Gasteiger partial charge in [0.15, 0.2) is 0 Å². The van der Waals surface area contributed by atoms with E-state index in [1.54, 1.807) is 12.1 Å². The summed E-state index contributed by atoms with van der Waals surface area (Å²) in [4.78, 5) is 16.8. The van der Waals surface area contributed by atoms with Gasteiger partial charge in [-0.05, 0) is 49.2 Å². The second-order valence-corrected chi connectivity index (χ2v) is 5.77. The fourth-order valence-corrected chi connectivity index (χ4v) is 2.95. The Balaban J connectivity index is 1.84. The van der Waals surface area contributed by atoms with E-state index in [4.69, 9.17) is 11.6 Å². The van der Waals surface area contributed by atoms with E-state index in [2.05, 4.69) is 10.3 Å². The molecule has 0 bridgehead atoms. The first-order valence-corrected chi connectivity index (χ1v) is 7.99. The monoisotopic (exact) mass is 327 g/mol. The van der Waals surface area contributed by atoms with E-state index in [0.29, 0.717) is 10.8 Å². The Morgan fingerprint density at radius 1 is 1.26 bits per heavy atom. The Hall–Kier alpha value is -2.33. The highest BCUT2D eigenvalue weighted by Crippen LogP contribution is 2.21. The van der Waals surface area contributed by atoms with Crippen LogP contribution in [0.4, 0.5) is 0 Å². The number of carbonyl (C=O) groups excluding carboxylic acids is 1. The SMILES string of the molecule is CCn1c(Cl)nc2cc(C(=O)N[C@H](C)c3ccccc3)ccc21. The second kappa shape index (κ2) is 6.42. The molecule has 2 aromatic carbocycles. The third-order valence-electron chi connectivity index (χ3n) is 3.93. The molecule has 1 aromatic heterocycles. The number of benzene rings is 2. The molecule has 0 spiro atoms. The first kappa shape index (κ1) is 15.6. The molecule has 118 valence electrons.